The van der Waals surface area contributed by atoms with Crippen molar-refractivity contribution in [3.8, 4) is 0 Å². The van der Waals surface area contributed by atoms with E-state index in [9.17, 15) is 9.59 Å². The van der Waals surface area contributed by atoms with Gasteiger partial charge < -0.3 is 14.2 Å². The maximum atomic E-state index is 12.7. The first-order valence-corrected chi connectivity index (χ1v) is 8.05. The Hall–Kier alpha value is -2.66. The molecule has 0 bridgehead atoms. The summed E-state index contributed by atoms with van der Waals surface area (Å²) in [5.74, 6) is -1.29. The number of carbonyl (C=O) groups is 2. The summed E-state index contributed by atoms with van der Waals surface area (Å²) in [7, 11) is 2.54. The van der Waals surface area contributed by atoms with Gasteiger partial charge in [0.15, 0.2) is 5.41 Å². The summed E-state index contributed by atoms with van der Waals surface area (Å²) in [4.78, 5) is 25.4. The average Bonchev–Trinajstić information content (AvgIpc) is 3.10. The quantitative estimate of drug-likeness (QED) is 0.632. The van der Waals surface area contributed by atoms with E-state index in [4.69, 9.17) is 14.2 Å². The largest absolute Gasteiger partial charge is 0.468 e. The lowest BCUT2D eigenvalue weighted by atomic mass is 9.76. The summed E-state index contributed by atoms with van der Waals surface area (Å²) in [5.41, 5.74) is 0.0978. The number of methoxy groups -OCH3 is 2. The number of esters is 2. The topological polar surface area (TPSA) is 61.8 Å². The van der Waals surface area contributed by atoms with Crippen LogP contribution in [0.15, 0.2) is 60.7 Å². The first-order chi connectivity index (χ1) is 12.1. The second-order valence-corrected chi connectivity index (χ2v) is 5.98. The number of benzene rings is 2. The van der Waals surface area contributed by atoms with Gasteiger partial charge in [0.05, 0.1) is 20.3 Å². The highest BCUT2D eigenvalue weighted by atomic mass is 16.6. The molecule has 0 aliphatic carbocycles. The molecule has 0 amide bonds. The van der Waals surface area contributed by atoms with Crippen molar-refractivity contribution in [1.29, 1.82) is 0 Å². The molecule has 130 valence electrons. The fourth-order valence-corrected chi connectivity index (χ4v) is 3.41. The zero-order valence-electron chi connectivity index (χ0n) is 14.2. The predicted octanol–water partition coefficient (Wildman–Crippen LogP) is 3.22. The van der Waals surface area contributed by atoms with Crippen LogP contribution in [0, 0.1) is 5.41 Å². The van der Waals surface area contributed by atoms with E-state index in [0.717, 1.165) is 11.1 Å². The number of ether oxygens (including phenoxy) is 3. The zero-order chi connectivity index (χ0) is 17.9. The minimum atomic E-state index is -1.54. The highest BCUT2D eigenvalue weighted by Crippen LogP contribution is 2.54. The van der Waals surface area contributed by atoms with Gasteiger partial charge in [-0.05, 0) is 11.1 Å². The fourth-order valence-electron chi connectivity index (χ4n) is 3.41. The van der Waals surface area contributed by atoms with Crippen LogP contribution in [0.1, 0.15) is 29.8 Å². The van der Waals surface area contributed by atoms with E-state index in [2.05, 4.69) is 0 Å². The van der Waals surface area contributed by atoms with E-state index in [-0.39, 0.29) is 6.42 Å². The van der Waals surface area contributed by atoms with Gasteiger partial charge in [0, 0.05) is 6.42 Å². The molecule has 2 atom stereocenters. The lowest BCUT2D eigenvalue weighted by molar-refractivity contribution is -0.173. The van der Waals surface area contributed by atoms with Crippen molar-refractivity contribution in [1.82, 2.24) is 0 Å². The summed E-state index contributed by atoms with van der Waals surface area (Å²) >= 11 is 0. The van der Waals surface area contributed by atoms with E-state index in [1.807, 2.05) is 60.7 Å². The third-order valence-corrected chi connectivity index (χ3v) is 4.63. The Labute approximate surface area is 146 Å². The monoisotopic (exact) mass is 340 g/mol. The summed E-state index contributed by atoms with van der Waals surface area (Å²) < 4.78 is 16.1. The Morgan fingerprint density at radius 2 is 1.36 bits per heavy atom. The van der Waals surface area contributed by atoms with Crippen LogP contribution < -0.4 is 0 Å². The van der Waals surface area contributed by atoms with Gasteiger partial charge in [-0.3, -0.25) is 9.59 Å². The van der Waals surface area contributed by atoms with Crippen LogP contribution in [0.25, 0.3) is 0 Å². The summed E-state index contributed by atoms with van der Waals surface area (Å²) in [5, 5.41) is 0. The molecule has 5 nitrogen and oxygen atoms in total. The summed E-state index contributed by atoms with van der Waals surface area (Å²) in [6, 6.07) is 18.7. The van der Waals surface area contributed by atoms with Gasteiger partial charge in [0.1, 0.15) is 6.10 Å². The number of carbonyl (C=O) groups excluding carboxylic acids is 2. The van der Waals surface area contributed by atoms with Crippen LogP contribution in [-0.4, -0.2) is 26.2 Å². The smallest absolute Gasteiger partial charge is 0.326 e. The molecule has 0 aromatic heterocycles. The van der Waals surface area contributed by atoms with Gasteiger partial charge in [-0.25, -0.2) is 0 Å². The highest BCUT2D eigenvalue weighted by Gasteiger charge is 2.62. The van der Waals surface area contributed by atoms with Crippen LogP contribution >= 0.6 is 0 Å². The molecule has 1 heterocycles. The molecule has 2 aromatic rings. The second kappa shape index (κ2) is 7.07. The SMILES string of the molecule is COC(=O)C1(C(=O)OC)CC(c2ccccc2)OC1c1ccccc1. The predicted molar refractivity (Wildman–Crippen MR) is 90.5 cm³/mol. The molecule has 25 heavy (non-hydrogen) atoms. The van der Waals surface area contributed by atoms with Crippen molar-refractivity contribution < 1.29 is 23.8 Å². The van der Waals surface area contributed by atoms with Crippen LogP contribution in [0.4, 0.5) is 0 Å². The molecule has 5 heteroatoms. The Balaban J connectivity index is 2.10. The molecule has 1 aliphatic heterocycles. The maximum absolute atomic E-state index is 12.7. The second-order valence-electron chi connectivity index (χ2n) is 5.98. The molecule has 1 fully saturated rings. The normalized spacial score (nSPS) is 21.5. The van der Waals surface area contributed by atoms with Crippen molar-refractivity contribution in [3.05, 3.63) is 71.8 Å². The lowest BCUT2D eigenvalue weighted by Crippen LogP contribution is -2.43. The van der Waals surface area contributed by atoms with Crippen molar-refractivity contribution in [2.75, 3.05) is 14.2 Å². The molecular formula is C20H20O5. The third kappa shape index (κ3) is 2.91. The van der Waals surface area contributed by atoms with Gasteiger partial charge in [-0.15, -0.1) is 0 Å². The molecule has 0 spiro atoms. The van der Waals surface area contributed by atoms with Crippen LogP contribution in [0.2, 0.25) is 0 Å². The van der Waals surface area contributed by atoms with Gasteiger partial charge in [0.2, 0.25) is 0 Å². The average molecular weight is 340 g/mol. The summed E-state index contributed by atoms with van der Waals surface area (Å²) in [6.45, 7) is 0. The number of hydrogen-bond acceptors (Lipinski definition) is 5. The first-order valence-electron chi connectivity index (χ1n) is 8.05. The van der Waals surface area contributed by atoms with Gasteiger partial charge in [0.25, 0.3) is 0 Å². The summed E-state index contributed by atoms with van der Waals surface area (Å²) in [6.07, 6.45) is -1.03. The molecule has 2 unspecified atom stereocenters. The molecular weight excluding hydrogens is 320 g/mol. The highest BCUT2D eigenvalue weighted by molar-refractivity contribution is 6.01. The molecule has 0 N–H and O–H groups in total. The minimum absolute atomic E-state index is 0.163. The Morgan fingerprint density at radius 3 is 1.84 bits per heavy atom. The maximum Gasteiger partial charge on any atom is 0.326 e. The number of hydrogen-bond donors (Lipinski definition) is 0. The Morgan fingerprint density at radius 1 is 0.880 bits per heavy atom. The van der Waals surface area contributed by atoms with Crippen molar-refractivity contribution in [3.63, 3.8) is 0 Å². The van der Waals surface area contributed by atoms with Crippen LogP contribution in [-0.2, 0) is 23.8 Å². The van der Waals surface area contributed by atoms with Crippen LogP contribution in [0.3, 0.4) is 0 Å². The Bertz CT molecular complexity index is 725. The van der Waals surface area contributed by atoms with E-state index >= 15 is 0 Å². The molecule has 0 saturated carbocycles. The van der Waals surface area contributed by atoms with Crippen molar-refractivity contribution in [2.24, 2.45) is 5.41 Å². The Kier molecular flexibility index (Phi) is 4.86. The first kappa shape index (κ1) is 17.2. The lowest BCUT2D eigenvalue weighted by Gasteiger charge is -2.28. The van der Waals surface area contributed by atoms with Gasteiger partial charge in [-0.1, -0.05) is 60.7 Å². The standard InChI is InChI=1S/C20H20O5/c1-23-18(21)20(19(22)24-2)13-16(14-9-5-3-6-10-14)25-17(20)15-11-7-4-8-12-15/h3-12,16-17H,13H2,1-2H3. The fraction of sp³-hybridized carbons (Fsp3) is 0.300. The van der Waals surface area contributed by atoms with Crippen molar-refractivity contribution in [2.45, 2.75) is 18.6 Å². The van der Waals surface area contributed by atoms with E-state index < -0.39 is 29.6 Å². The van der Waals surface area contributed by atoms with E-state index in [0.29, 0.717) is 0 Å². The van der Waals surface area contributed by atoms with E-state index in [1.54, 1.807) is 0 Å². The molecule has 0 radical (unpaired) electrons. The molecule has 3 rings (SSSR count). The molecule has 1 saturated heterocycles. The van der Waals surface area contributed by atoms with Crippen molar-refractivity contribution >= 4 is 11.9 Å². The molecule has 1 aliphatic rings. The van der Waals surface area contributed by atoms with E-state index in [1.165, 1.54) is 14.2 Å². The van der Waals surface area contributed by atoms with Crippen LogP contribution in [0.5, 0.6) is 0 Å². The van der Waals surface area contributed by atoms with Gasteiger partial charge in [-0.2, -0.15) is 0 Å². The number of rotatable bonds is 4. The van der Waals surface area contributed by atoms with Gasteiger partial charge >= 0.3 is 11.9 Å². The zero-order valence-corrected chi connectivity index (χ0v) is 14.2. The minimum Gasteiger partial charge on any atom is -0.468 e. The molecule has 2 aromatic carbocycles. The third-order valence-electron chi connectivity index (χ3n) is 4.63.